The van der Waals surface area contributed by atoms with Crippen molar-refractivity contribution >= 4 is 46.5 Å². The molecule has 2 aromatic carbocycles. The highest BCUT2D eigenvalue weighted by Gasteiger charge is 2.12. The predicted octanol–water partition coefficient (Wildman–Crippen LogP) is 3.47. The van der Waals surface area contributed by atoms with Crippen LogP contribution in [0.2, 0.25) is 5.02 Å². The number of anilines is 1. The molecule has 0 aliphatic carbocycles. The van der Waals surface area contributed by atoms with E-state index in [4.69, 9.17) is 28.9 Å². The minimum Gasteiger partial charge on any atom is -0.478 e. The van der Waals surface area contributed by atoms with Crippen LogP contribution in [0.1, 0.15) is 26.3 Å². The fourth-order valence-electron chi connectivity index (χ4n) is 1.93. The number of halogens is 1. The van der Waals surface area contributed by atoms with Gasteiger partial charge < -0.3 is 10.4 Å². The highest BCUT2D eigenvalue weighted by Crippen LogP contribution is 2.20. The van der Waals surface area contributed by atoms with E-state index in [1.165, 1.54) is 12.1 Å². The van der Waals surface area contributed by atoms with Gasteiger partial charge in [0, 0.05) is 11.3 Å². The van der Waals surface area contributed by atoms with Crippen LogP contribution in [0.4, 0.5) is 5.69 Å². The number of benzene rings is 2. The number of thiocarbonyl (C=S) groups is 1. The van der Waals surface area contributed by atoms with Crippen LogP contribution < -0.4 is 10.6 Å². The van der Waals surface area contributed by atoms with Crippen molar-refractivity contribution in [3.63, 3.8) is 0 Å². The molecule has 0 unspecified atom stereocenters. The summed E-state index contributed by atoms with van der Waals surface area (Å²) in [6, 6.07) is 11.5. The summed E-state index contributed by atoms with van der Waals surface area (Å²) in [5, 5.41) is 14.5. The van der Waals surface area contributed by atoms with Gasteiger partial charge in [0.25, 0.3) is 5.91 Å². The third kappa shape index (κ3) is 4.28. The maximum Gasteiger partial charge on any atom is 0.337 e. The molecule has 0 spiro atoms. The van der Waals surface area contributed by atoms with Gasteiger partial charge in [-0.3, -0.25) is 10.1 Å². The maximum absolute atomic E-state index is 12.1. The van der Waals surface area contributed by atoms with Gasteiger partial charge in [0.1, 0.15) is 0 Å². The lowest BCUT2D eigenvalue weighted by molar-refractivity contribution is 0.0697. The van der Waals surface area contributed by atoms with E-state index in [1.54, 1.807) is 18.2 Å². The van der Waals surface area contributed by atoms with E-state index >= 15 is 0 Å². The monoisotopic (exact) mass is 348 g/mol. The van der Waals surface area contributed by atoms with Crippen molar-refractivity contribution < 1.29 is 14.7 Å². The molecule has 0 aliphatic heterocycles. The molecular weight excluding hydrogens is 336 g/mol. The topological polar surface area (TPSA) is 78.4 Å². The fourth-order valence-corrected chi connectivity index (χ4v) is 2.34. The third-order valence-electron chi connectivity index (χ3n) is 3.07. The number of aryl methyl sites for hydroxylation is 1. The van der Waals surface area contributed by atoms with Crippen LogP contribution in [0.15, 0.2) is 42.5 Å². The largest absolute Gasteiger partial charge is 0.478 e. The van der Waals surface area contributed by atoms with E-state index in [2.05, 4.69) is 10.6 Å². The lowest BCUT2D eigenvalue weighted by atomic mass is 10.1. The molecular formula is C16H13ClN2O3S. The van der Waals surface area contributed by atoms with E-state index < -0.39 is 5.97 Å². The van der Waals surface area contributed by atoms with Gasteiger partial charge in [0.15, 0.2) is 5.11 Å². The number of nitrogens with one attached hydrogen (secondary N) is 2. The van der Waals surface area contributed by atoms with Crippen molar-refractivity contribution in [2.75, 3.05) is 5.32 Å². The molecule has 118 valence electrons. The first kappa shape index (κ1) is 16.9. The Morgan fingerprint density at radius 3 is 2.48 bits per heavy atom. The second kappa shape index (κ2) is 7.21. The maximum atomic E-state index is 12.1. The highest BCUT2D eigenvalue weighted by molar-refractivity contribution is 7.80. The van der Waals surface area contributed by atoms with Gasteiger partial charge in [0.05, 0.1) is 10.6 Å². The Bertz CT molecular complexity index is 793. The van der Waals surface area contributed by atoms with Gasteiger partial charge in [-0.25, -0.2) is 4.79 Å². The first-order valence-electron chi connectivity index (χ1n) is 6.59. The first-order chi connectivity index (χ1) is 10.9. The highest BCUT2D eigenvalue weighted by atomic mass is 35.5. The summed E-state index contributed by atoms with van der Waals surface area (Å²) in [5.41, 5.74) is 1.71. The number of hydrogen-bond donors (Lipinski definition) is 3. The zero-order valence-corrected chi connectivity index (χ0v) is 13.7. The molecule has 2 aromatic rings. The number of rotatable bonds is 3. The summed E-state index contributed by atoms with van der Waals surface area (Å²) in [6.07, 6.45) is 0. The lowest BCUT2D eigenvalue weighted by Crippen LogP contribution is -2.34. The van der Waals surface area contributed by atoms with Crippen LogP contribution in [0.25, 0.3) is 0 Å². The molecule has 7 heteroatoms. The molecule has 2 rings (SSSR count). The van der Waals surface area contributed by atoms with Crippen molar-refractivity contribution in [3.8, 4) is 0 Å². The van der Waals surface area contributed by atoms with Crippen molar-refractivity contribution in [2.45, 2.75) is 6.92 Å². The van der Waals surface area contributed by atoms with Crippen molar-refractivity contribution in [1.82, 2.24) is 5.32 Å². The van der Waals surface area contributed by atoms with E-state index in [-0.39, 0.29) is 21.6 Å². The lowest BCUT2D eigenvalue weighted by Gasteiger charge is -2.11. The number of hydrogen-bond acceptors (Lipinski definition) is 3. The van der Waals surface area contributed by atoms with Crippen LogP contribution in [-0.4, -0.2) is 22.1 Å². The van der Waals surface area contributed by atoms with Crippen LogP contribution in [0.3, 0.4) is 0 Å². The Labute approximate surface area is 143 Å². The molecule has 0 saturated heterocycles. The van der Waals surface area contributed by atoms with Crippen LogP contribution in [-0.2, 0) is 0 Å². The van der Waals surface area contributed by atoms with E-state index in [0.717, 1.165) is 5.56 Å². The minimum absolute atomic E-state index is 0.0512. The van der Waals surface area contributed by atoms with Gasteiger partial charge >= 0.3 is 5.97 Å². The number of carboxylic acid groups (broad SMARTS) is 1. The molecule has 23 heavy (non-hydrogen) atoms. The van der Waals surface area contributed by atoms with Crippen molar-refractivity contribution in [2.24, 2.45) is 0 Å². The summed E-state index contributed by atoms with van der Waals surface area (Å²) in [4.78, 5) is 23.2. The summed E-state index contributed by atoms with van der Waals surface area (Å²) in [6.45, 7) is 1.82. The van der Waals surface area contributed by atoms with Crippen molar-refractivity contribution in [3.05, 3.63) is 64.2 Å². The molecule has 0 saturated carbocycles. The Morgan fingerprint density at radius 1 is 1.13 bits per heavy atom. The molecule has 1 amide bonds. The number of aromatic carboxylic acids is 1. The molecule has 0 heterocycles. The van der Waals surface area contributed by atoms with E-state index in [1.807, 2.05) is 19.1 Å². The van der Waals surface area contributed by atoms with Crippen LogP contribution >= 0.6 is 23.8 Å². The standard InChI is InChI=1S/C16H13ClN2O3S/c1-9-4-2-3-5-11(9)14(20)19-16(23)18-10-6-7-13(17)12(8-10)15(21)22/h2-8H,1H3,(H,21,22)(H2,18,19,20,23). The van der Waals surface area contributed by atoms with Gasteiger partial charge in [0.2, 0.25) is 0 Å². The molecule has 0 radical (unpaired) electrons. The van der Waals surface area contributed by atoms with Gasteiger partial charge in [-0.2, -0.15) is 0 Å². The van der Waals surface area contributed by atoms with Gasteiger partial charge in [-0.05, 0) is 49.0 Å². The Balaban J connectivity index is 2.08. The SMILES string of the molecule is Cc1ccccc1C(=O)NC(=S)Nc1ccc(Cl)c(C(=O)O)c1. The number of carboxylic acids is 1. The normalized spacial score (nSPS) is 10.0. The molecule has 0 atom stereocenters. The quantitative estimate of drug-likeness (QED) is 0.740. The Kier molecular flexibility index (Phi) is 5.31. The zero-order chi connectivity index (χ0) is 17.0. The average Bonchev–Trinajstić information content (AvgIpc) is 2.49. The summed E-state index contributed by atoms with van der Waals surface area (Å²) in [5.74, 6) is -1.48. The second-order valence-electron chi connectivity index (χ2n) is 4.72. The first-order valence-corrected chi connectivity index (χ1v) is 7.38. The minimum atomic E-state index is -1.14. The third-order valence-corrected chi connectivity index (χ3v) is 3.61. The van der Waals surface area contributed by atoms with E-state index in [0.29, 0.717) is 11.3 Å². The smallest absolute Gasteiger partial charge is 0.337 e. The molecule has 0 aliphatic rings. The molecule has 0 fully saturated rings. The molecule has 0 bridgehead atoms. The number of carbonyl (C=O) groups excluding carboxylic acids is 1. The van der Waals surface area contributed by atoms with Crippen molar-refractivity contribution in [1.29, 1.82) is 0 Å². The van der Waals surface area contributed by atoms with Gasteiger partial charge in [-0.1, -0.05) is 29.8 Å². The Morgan fingerprint density at radius 2 is 1.83 bits per heavy atom. The number of carbonyl (C=O) groups is 2. The fraction of sp³-hybridized carbons (Fsp3) is 0.0625. The zero-order valence-electron chi connectivity index (χ0n) is 12.1. The predicted molar refractivity (Wildman–Crippen MR) is 93.3 cm³/mol. The molecule has 0 aromatic heterocycles. The second-order valence-corrected chi connectivity index (χ2v) is 5.54. The molecule has 5 nitrogen and oxygen atoms in total. The Hall–Kier alpha value is -2.44. The summed E-state index contributed by atoms with van der Waals surface area (Å²) >= 11 is 10.9. The number of amides is 1. The van der Waals surface area contributed by atoms with E-state index in [9.17, 15) is 9.59 Å². The summed E-state index contributed by atoms with van der Waals surface area (Å²) in [7, 11) is 0. The van der Waals surface area contributed by atoms with Crippen LogP contribution in [0, 0.1) is 6.92 Å². The van der Waals surface area contributed by atoms with Gasteiger partial charge in [-0.15, -0.1) is 0 Å². The molecule has 3 N–H and O–H groups in total. The van der Waals surface area contributed by atoms with Crippen LogP contribution in [0.5, 0.6) is 0 Å². The summed E-state index contributed by atoms with van der Waals surface area (Å²) < 4.78 is 0. The average molecular weight is 349 g/mol.